The Morgan fingerprint density at radius 1 is 1.21 bits per heavy atom. The first kappa shape index (κ1) is 20.6. The van der Waals surface area contributed by atoms with Crippen molar-refractivity contribution in [3.05, 3.63) is 47.3 Å². The second-order valence-electron chi connectivity index (χ2n) is 7.89. The minimum atomic E-state index is -0.532. The van der Waals surface area contributed by atoms with Gasteiger partial charge in [0.15, 0.2) is 0 Å². The topological polar surface area (TPSA) is 93.6 Å². The molecule has 29 heavy (non-hydrogen) atoms. The number of nitrogens with one attached hydrogen (secondary N) is 1. The number of methoxy groups -OCH3 is 1. The van der Waals surface area contributed by atoms with Crippen molar-refractivity contribution in [2.75, 3.05) is 19.0 Å². The molecule has 2 heterocycles. The number of carbonyl (C=O) groups is 2. The van der Waals surface area contributed by atoms with Crippen LogP contribution in [0, 0.1) is 0 Å². The average Bonchev–Trinajstić information content (AvgIpc) is 2.67. The summed E-state index contributed by atoms with van der Waals surface area (Å²) in [7, 11) is 1.37. The number of fused-ring (bicyclic) bond motifs is 1. The number of nitrogens with zero attached hydrogens (tertiary/aromatic N) is 3. The molecule has 0 saturated heterocycles. The molecule has 1 aliphatic rings. The van der Waals surface area contributed by atoms with Crippen LogP contribution in [0.4, 0.5) is 16.4 Å². The Kier molecular flexibility index (Phi) is 6.00. The van der Waals surface area contributed by atoms with Crippen LogP contribution in [0.1, 0.15) is 37.6 Å². The molecule has 8 heteroatoms. The molecule has 0 saturated carbocycles. The fraction of sp³-hybridized carbons (Fsp3) is 0.429. The number of amides is 1. The first-order valence-corrected chi connectivity index (χ1v) is 9.49. The Balaban J connectivity index is 1.67. The summed E-state index contributed by atoms with van der Waals surface area (Å²) in [5.41, 5.74) is 2.97. The normalized spacial score (nSPS) is 13.4. The molecular formula is C21H26N4O4. The van der Waals surface area contributed by atoms with Crippen molar-refractivity contribution in [1.29, 1.82) is 0 Å². The SMILES string of the molecule is COC(=O)Cc1ccc(Nc2ncc3c(n2)CN(C(=O)OC(C)(C)C)CC3)cc1. The highest BCUT2D eigenvalue weighted by atomic mass is 16.6. The molecule has 1 aliphatic heterocycles. The number of aromatic nitrogens is 2. The van der Waals surface area contributed by atoms with Gasteiger partial charge in [0.1, 0.15) is 5.60 Å². The third kappa shape index (κ3) is 5.66. The summed E-state index contributed by atoms with van der Waals surface area (Å²) >= 11 is 0. The number of benzene rings is 1. The highest BCUT2D eigenvalue weighted by Crippen LogP contribution is 2.21. The second-order valence-corrected chi connectivity index (χ2v) is 7.89. The molecule has 1 amide bonds. The summed E-state index contributed by atoms with van der Waals surface area (Å²) in [5, 5.41) is 3.16. The van der Waals surface area contributed by atoms with Crippen LogP contribution in [0.5, 0.6) is 0 Å². The lowest BCUT2D eigenvalue weighted by Gasteiger charge is -2.30. The van der Waals surface area contributed by atoms with Crippen molar-refractivity contribution in [2.45, 2.75) is 45.8 Å². The van der Waals surface area contributed by atoms with Gasteiger partial charge in [-0.2, -0.15) is 0 Å². The summed E-state index contributed by atoms with van der Waals surface area (Å²) in [6.45, 7) is 6.52. The predicted octanol–water partition coefficient (Wildman–Crippen LogP) is 3.23. The Morgan fingerprint density at radius 3 is 2.59 bits per heavy atom. The number of hydrogen-bond donors (Lipinski definition) is 1. The van der Waals surface area contributed by atoms with Gasteiger partial charge in [0.05, 0.1) is 25.8 Å². The third-order valence-corrected chi connectivity index (χ3v) is 4.38. The summed E-state index contributed by atoms with van der Waals surface area (Å²) in [4.78, 5) is 34.3. The number of esters is 1. The van der Waals surface area contributed by atoms with Gasteiger partial charge in [-0.15, -0.1) is 0 Å². The Hall–Kier alpha value is -3.16. The van der Waals surface area contributed by atoms with E-state index < -0.39 is 5.60 Å². The van der Waals surface area contributed by atoms with Crippen LogP contribution < -0.4 is 5.32 Å². The zero-order valence-electron chi connectivity index (χ0n) is 17.2. The molecule has 0 spiro atoms. The van der Waals surface area contributed by atoms with Crippen LogP contribution in [0.3, 0.4) is 0 Å². The van der Waals surface area contributed by atoms with Gasteiger partial charge in [0.25, 0.3) is 0 Å². The number of hydrogen-bond acceptors (Lipinski definition) is 7. The molecule has 0 fully saturated rings. The van der Waals surface area contributed by atoms with Gasteiger partial charge in [-0.3, -0.25) is 4.79 Å². The molecule has 0 bridgehead atoms. The maximum atomic E-state index is 12.3. The molecule has 0 unspecified atom stereocenters. The van der Waals surface area contributed by atoms with Crippen LogP contribution in [0.15, 0.2) is 30.5 Å². The van der Waals surface area contributed by atoms with Gasteiger partial charge in [0.2, 0.25) is 5.95 Å². The molecule has 1 aromatic heterocycles. The zero-order valence-corrected chi connectivity index (χ0v) is 17.2. The van der Waals surface area contributed by atoms with Crippen LogP contribution >= 0.6 is 0 Å². The fourth-order valence-electron chi connectivity index (χ4n) is 2.92. The van der Waals surface area contributed by atoms with Crippen LogP contribution in [0.25, 0.3) is 0 Å². The van der Waals surface area contributed by atoms with Gasteiger partial charge in [-0.25, -0.2) is 14.8 Å². The monoisotopic (exact) mass is 398 g/mol. The summed E-state index contributed by atoms with van der Waals surface area (Å²) in [5.74, 6) is 0.175. The molecule has 1 N–H and O–H groups in total. The Bertz CT molecular complexity index is 891. The minimum Gasteiger partial charge on any atom is -0.469 e. The van der Waals surface area contributed by atoms with Crippen molar-refractivity contribution >= 4 is 23.7 Å². The number of anilines is 2. The smallest absolute Gasteiger partial charge is 0.410 e. The van der Waals surface area contributed by atoms with Gasteiger partial charge in [-0.1, -0.05) is 12.1 Å². The van der Waals surface area contributed by atoms with E-state index in [-0.39, 0.29) is 18.5 Å². The zero-order chi connectivity index (χ0) is 21.0. The number of ether oxygens (including phenoxy) is 2. The lowest BCUT2D eigenvalue weighted by atomic mass is 10.1. The maximum absolute atomic E-state index is 12.3. The predicted molar refractivity (Wildman–Crippen MR) is 108 cm³/mol. The first-order valence-electron chi connectivity index (χ1n) is 9.49. The van der Waals surface area contributed by atoms with Gasteiger partial charge < -0.3 is 19.7 Å². The fourth-order valence-corrected chi connectivity index (χ4v) is 2.92. The molecule has 154 valence electrons. The van der Waals surface area contributed by atoms with Crippen LogP contribution in [-0.4, -0.2) is 46.2 Å². The molecule has 0 aliphatic carbocycles. The standard InChI is InChI=1S/C21H26N4O4/c1-21(2,3)29-20(27)25-10-9-15-12-22-19(24-17(15)13-25)23-16-7-5-14(6-8-16)11-18(26)28-4/h5-8,12H,9-11,13H2,1-4H3,(H,22,23,24). The van der Waals surface area contributed by atoms with Gasteiger partial charge >= 0.3 is 12.1 Å². The highest BCUT2D eigenvalue weighted by molar-refractivity contribution is 5.72. The van der Waals surface area contributed by atoms with Crippen LogP contribution in [0.2, 0.25) is 0 Å². The van der Waals surface area contributed by atoms with E-state index >= 15 is 0 Å². The van der Waals surface area contributed by atoms with Crippen molar-refractivity contribution in [3.63, 3.8) is 0 Å². The van der Waals surface area contributed by atoms with E-state index in [1.807, 2.05) is 45.0 Å². The van der Waals surface area contributed by atoms with E-state index in [2.05, 4.69) is 20.0 Å². The number of carbonyl (C=O) groups excluding carboxylic acids is 2. The molecule has 0 radical (unpaired) electrons. The van der Waals surface area contributed by atoms with E-state index in [1.165, 1.54) is 7.11 Å². The lowest BCUT2D eigenvalue weighted by Crippen LogP contribution is -2.40. The van der Waals surface area contributed by atoms with Crippen molar-refractivity contribution in [1.82, 2.24) is 14.9 Å². The first-order chi connectivity index (χ1) is 13.7. The largest absolute Gasteiger partial charge is 0.469 e. The molecular weight excluding hydrogens is 372 g/mol. The van der Waals surface area contributed by atoms with E-state index in [9.17, 15) is 9.59 Å². The van der Waals surface area contributed by atoms with E-state index in [0.29, 0.717) is 25.5 Å². The Morgan fingerprint density at radius 2 is 1.93 bits per heavy atom. The molecule has 3 rings (SSSR count). The van der Waals surface area contributed by atoms with E-state index in [0.717, 1.165) is 22.5 Å². The highest BCUT2D eigenvalue weighted by Gasteiger charge is 2.26. The van der Waals surface area contributed by atoms with Crippen molar-refractivity contribution < 1.29 is 19.1 Å². The maximum Gasteiger partial charge on any atom is 0.410 e. The molecule has 2 aromatic rings. The second kappa shape index (κ2) is 8.46. The molecule has 8 nitrogen and oxygen atoms in total. The van der Waals surface area contributed by atoms with E-state index in [4.69, 9.17) is 4.74 Å². The Labute approximate surface area is 170 Å². The summed E-state index contributed by atoms with van der Waals surface area (Å²) in [6.07, 6.45) is 2.38. The summed E-state index contributed by atoms with van der Waals surface area (Å²) < 4.78 is 10.1. The van der Waals surface area contributed by atoms with Crippen molar-refractivity contribution in [2.24, 2.45) is 0 Å². The average molecular weight is 398 g/mol. The minimum absolute atomic E-state index is 0.229. The molecule has 1 aromatic carbocycles. The number of rotatable bonds is 4. The van der Waals surface area contributed by atoms with Gasteiger partial charge in [-0.05, 0) is 50.5 Å². The summed E-state index contributed by atoms with van der Waals surface area (Å²) in [6, 6.07) is 7.41. The van der Waals surface area contributed by atoms with Crippen molar-refractivity contribution in [3.8, 4) is 0 Å². The van der Waals surface area contributed by atoms with E-state index in [1.54, 1.807) is 11.1 Å². The van der Waals surface area contributed by atoms with Crippen LogP contribution in [-0.2, 0) is 33.7 Å². The lowest BCUT2D eigenvalue weighted by molar-refractivity contribution is -0.139. The quantitative estimate of drug-likeness (QED) is 0.790. The van der Waals surface area contributed by atoms with Gasteiger partial charge in [0, 0.05) is 18.4 Å². The third-order valence-electron chi connectivity index (χ3n) is 4.38. The molecule has 0 atom stereocenters.